The number of hydrogen-bond donors (Lipinski definition) is 2. The predicted octanol–water partition coefficient (Wildman–Crippen LogP) is 4.67. The van der Waals surface area contributed by atoms with Crippen LogP contribution in [0.4, 0.5) is 13.2 Å². The van der Waals surface area contributed by atoms with E-state index in [1.807, 2.05) is 0 Å². The third-order valence-corrected chi connectivity index (χ3v) is 4.23. The van der Waals surface area contributed by atoms with Crippen molar-refractivity contribution >= 4 is 27.5 Å². The molecule has 0 amide bonds. The van der Waals surface area contributed by atoms with Crippen LogP contribution in [0.3, 0.4) is 0 Å². The van der Waals surface area contributed by atoms with Gasteiger partial charge in [0.15, 0.2) is 0 Å². The third-order valence-electron chi connectivity index (χ3n) is 3.02. The fourth-order valence-electron chi connectivity index (χ4n) is 1.94. The van der Waals surface area contributed by atoms with Gasteiger partial charge in [0.05, 0.1) is 16.6 Å². The van der Waals surface area contributed by atoms with Gasteiger partial charge in [-0.3, -0.25) is 5.84 Å². The first-order chi connectivity index (χ1) is 9.82. The number of benzene rings is 2. The van der Waals surface area contributed by atoms with Crippen LogP contribution in [0.25, 0.3) is 0 Å². The standard InChI is InChI=1S/C14H11BrClF3N2/c15-11-7-9(3-6-12(11)16)13(21-20)8-1-4-10(5-2-8)14(17,18)19/h1-7,13,21H,20H2. The van der Waals surface area contributed by atoms with Crippen molar-refractivity contribution in [3.63, 3.8) is 0 Å². The second kappa shape index (κ2) is 6.36. The largest absolute Gasteiger partial charge is 0.416 e. The molecule has 112 valence electrons. The van der Waals surface area contributed by atoms with Crippen molar-refractivity contribution in [2.24, 2.45) is 5.84 Å². The zero-order valence-electron chi connectivity index (χ0n) is 10.6. The number of halogens is 5. The summed E-state index contributed by atoms with van der Waals surface area (Å²) in [5, 5.41) is 0.543. The predicted molar refractivity (Wildman–Crippen MR) is 79.8 cm³/mol. The van der Waals surface area contributed by atoms with Crippen molar-refractivity contribution in [1.82, 2.24) is 5.43 Å². The summed E-state index contributed by atoms with van der Waals surface area (Å²) < 4.78 is 38.4. The number of nitrogens with two attached hydrogens (primary N) is 1. The highest BCUT2D eigenvalue weighted by atomic mass is 79.9. The summed E-state index contributed by atoms with van der Waals surface area (Å²) in [5.41, 5.74) is 3.31. The van der Waals surface area contributed by atoms with Gasteiger partial charge in [-0.1, -0.05) is 29.8 Å². The Morgan fingerprint density at radius 2 is 1.62 bits per heavy atom. The molecule has 1 unspecified atom stereocenters. The van der Waals surface area contributed by atoms with Crippen molar-refractivity contribution in [3.8, 4) is 0 Å². The number of rotatable bonds is 3. The molecule has 2 aromatic carbocycles. The number of nitrogens with one attached hydrogen (secondary N) is 1. The van der Waals surface area contributed by atoms with Gasteiger partial charge >= 0.3 is 6.18 Å². The summed E-state index contributed by atoms with van der Waals surface area (Å²) in [4.78, 5) is 0. The van der Waals surface area contributed by atoms with Gasteiger partial charge in [-0.15, -0.1) is 0 Å². The maximum absolute atomic E-state index is 12.6. The molecule has 2 nitrogen and oxygen atoms in total. The average molecular weight is 380 g/mol. The molecule has 2 rings (SSSR count). The Bertz CT molecular complexity index is 629. The van der Waals surface area contributed by atoms with Crippen LogP contribution in [0.2, 0.25) is 5.02 Å². The highest BCUT2D eigenvalue weighted by molar-refractivity contribution is 9.10. The van der Waals surface area contributed by atoms with Crippen molar-refractivity contribution < 1.29 is 13.2 Å². The molecule has 21 heavy (non-hydrogen) atoms. The van der Waals surface area contributed by atoms with Gasteiger partial charge in [0, 0.05) is 4.47 Å². The minimum absolute atomic E-state index is 0.430. The molecule has 0 aliphatic rings. The van der Waals surface area contributed by atoms with Gasteiger partial charge in [-0.2, -0.15) is 13.2 Å². The van der Waals surface area contributed by atoms with Crippen molar-refractivity contribution in [3.05, 3.63) is 68.7 Å². The molecular weight excluding hydrogens is 369 g/mol. The van der Waals surface area contributed by atoms with Crippen LogP contribution < -0.4 is 11.3 Å². The molecule has 0 spiro atoms. The summed E-state index contributed by atoms with van der Waals surface area (Å²) in [5.74, 6) is 5.53. The number of hydrazine groups is 1. The maximum Gasteiger partial charge on any atom is 0.416 e. The summed E-state index contributed by atoms with van der Waals surface area (Å²) >= 11 is 9.23. The Balaban J connectivity index is 2.35. The Kier molecular flexibility index (Phi) is 4.93. The lowest BCUT2D eigenvalue weighted by atomic mass is 9.98. The van der Waals surface area contributed by atoms with Gasteiger partial charge in [0.1, 0.15) is 0 Å². The minimum Gasteiger partial charge on any atom is -0.271 e. The van der Waals surface area contributed by atoms with Crippen molar-refractivity contribution in [2.75, 3.05) is 0 Å². The molecule has 2 aromatic rings. The van der Waals surface area contributed by atoms with E-state index in [2.05, 4.69) is 21.4 Å². The van der Waals surface area contributed by atoms with Gasteiger partial charge in [-0.05, 0) is 51.3 Å². The molecule has 0 heterocycles. The van der Waals surface area contributed by atoms with Crippen LogP contribution in [0, 0.1) is 0 Å². The maximum atomic E-state index is 12.6. The van der Waals surface area contributed by atoms with Crippen molar-refractivity contribution in [1.29, 1.82) is 0 Å². The fraction of sp³-hybridized carbons (Fsp3) is 0.143. The highest BCUT2D eigenvalue weighted by Crippen LogP contribution is 2.32. The molecule has 0 saturated heterocycles. The first kappa shape index (κ1) is 16.3. The van der Waals surface area contributed by atoms with Gasteiger partial charge < -0.3 is 0 Å². The summed E-state index contributed by atoms with van der Waals surface area (Å²) in [6.45, 7) is 0. The molecule has 0 saturated carbocycles. The Morgan fingerprint density at radius 1 is 1.05 bits per heavy atom. The van der Waals surface area contributed by atoms with E-state index in [1.54, 1.807) is 18.2 Å². The Hall–Kier alpha value is -1.08. The van der Waals surface area contributed by atoms with Crippen LogP contribution in [0.15, 0.2) is 46.9 Å². The summed E-state index contributed by atoms with van der Waals surface area (Å²) in [6, 6.07) is 9.65. The zero-order valence-corrected chi connectivity index (χ0v) is 12.9. The Morgan fingerprint density at radius 3 is 2.10 bits per heavy atom. The second-order valence-electron chi connectivity index (χ2n) is 4.39. The van der Waals surface area contributed by atoms with E-state index in [0.717, 1.165) is 17.7 Å². The van der Waals surface area contributed by atoms with E-state index in [-0.39, 0.29) is 0 Å². The topological polar surface area (TPSA) is 38.0 Å². The molecule has 0 bridgehead atoms. The van der Waals surface area contributed by atoms with Crippen LogP contribution in [-0.4, -0.2) is 0 Å². The van der Waals surface area contributed by atoms with E-state index in [1.165, 1.54) is 12.1 Å². The fourth-order valence-corrected chi connectivity index (χ4v) is 2.46. The molecule has 0 fully saturated rings. The molecule has 0 aromatic heterocycles. The van der Waals surface area contributed by atoms with E-state index >= 15 is 0 Å². The second-order valence-corrected chi connectivity index (χ2v) is 5.65. The van der Waals surface area contributed by atoms with Gasteiger partial charge in [0.25, 0.3) is 0 Å². The molecule has 0 aliphatic carbocycles. The third kappa shape index (κ3) is 3.77. The van der Waals surface area contributed by atoms with Gasteiger partial charge in [-0.25, -0.2) is 5.43 Å². The highest BCUT2D eigenvalue weighted by Gasteiger charge is 2.30. The first-order valence-corrected chi connectivity index (χ1v) is 7.08. The number of alkyl halides is 3. The lowest BCUT2D eigenvalue weighted by molar-refractivity contribution is -0.137. The molecule has 7 heteroatoms. The molecular formula is C14H11BrClF3N2. The number of hydrogen-bond acceptors (Lipinski definition) is 2. The van der Waals surface area contributed by atoms with E-state index in [0.29, 0.717) is 15.1 Å². The first-order valence-electron chi connectivity index (χ1n) is 5.91. The minimum atomic E-state index is -4.35. The SMILES string of the molecule is NNC(c1ccc(C(F)(F)F)cc1)c1ccc(Cl)c(Br)c1. The zero-order chi connectivity index (χ0) is 15.6. The molecule has 0 radical (unpaired) electrons. The lowest BCUT2D eigenvalue weighted by Gasteiger charge is -2.18. The average Bonchev–Trinajstić information content (AvgIpc) is 2.43. The van der Waals surface area contributed by atoms with Crippen LogP contribution in [0.1, 0.15) is 22.7 Å². The smallest absolute Gasteiger partial charge is 0.271 e. The van der Waals surface area contributed by atoms with Crippen LogP contribution in [-0.2, 0) is 6.18 Å². The monoisotopic (exact) mass is 378 g/mol. The normalized spacial score (nSPS) is 13.2. The van der Waals surface area contributed by atoms with Crippen LogP contribution in [0.5, 0.6) is 0 Å². The summed E-state index contributed by atoms with van der Waals surface area (Å²) in [7, 11) is 0. The van der Waals surface area contributed by atoms with Crippen LogP contribution >= 0.6 is 27.5 Å². The van der Waals surface area contributed by atoms with Gasteiger partial charge in [0.2, 0.25) is 0 Å². The Labute approximate surface area is 133 Å². The quantitative estimate of drug-likeness (QED) is 0.600. The molecule has 0 aliphatic heterocycles. The van der Waals surface area contributed by atoms with E-state index in [4.69, 9.17) is 17.4 Å². The molecule has 1 atom stereocenters. The van der Waals surface area contributed by atoms with E-state index < -0.39 is 17.8 Å². The van der Waals surface area contributed by atoms with Crippen molar-refractivity contribution in [2.45, 2.75) is 12.2 Å². The molecule has 3 N–H and O–H groups in total. The summed E-state index contributed by atoms with van der Waals surface area (Å²) in [6.07, 6.45) is -4.35. The van der Waals surface area contributed by atoms with E-state index in [9.17, 15) is 13.2 Å². The lowest BCUT2D eigenvalue weighted by Crippen LogP contribution is -2.28.